The molecule has 64 heavy (non-hydrogen) atoms. The molecule has 2 aliphatic rings. The normalized spacial score (nSPS) is 21.5. The van der Waals surface area contributed by atoms with Crippen molar-refractivity contribution >= 4 is 60.8 Å². The lowest BCUT2D eigenvalue weighted by molar-refractivity contribution is -0.888. The molecule has 2 unspecified atom stereocenters. The van der Waals surface area contributed by atoms with Crippen molar-refractivity contribution in [3.05, 3.63) is 114 Å². The topological polar surface area (TPSA) is 285 Å². The average Bonchev–Trinajstić information content (AvgIpc) is 3.18. The third kappa shape index (κ3) is 10.2. The van der Waals surface area contributed by atoms with E-state index in [1.807, 2.05) is 19.0 Å². The van der Waals surface area contributed by atoms with Crippen molar-refractivity contribution in [2.75, 3.05) is 40.3 Å². The van der Waals surface area contributed by atoms with Gasteiger partial charge in [0.2, 0.25) is 0 Å². The van der Waals surface area contributed by atoms with Crippen LogP contribution in [0.3, 0.4) is 0 Å². The molecule has 6 aromatic rings. The molecular formula is C42H42Cl2N2O16P2. The van der Waals surface area contributed by atoms with E-state index in [-0.39, 0.29) is 56.9 Å². The predicted molar refractivity (Wildman–Crippen MR) is 233 cm³/mol. The molecule has 0 aliphatic carbocycles. The van der Waals surface area contributed by atoms with Gasteiger partial charge in [0.1, 0.15) is 69.1 Å². The van der Waals surface area contributed by atoms with Crippen LogP contribution in [-0.2, 0) is 9.13 Å². The Morgan fingerprint density at radius 3 is 1.66 bits per heavy atom. The fourth-order valence-electron chi connectivity index (χ4n) is 8.28. The molecule has 2 fully saturated rings. The number of quaternary nitrogens is 1. The first-order chi connectivity index (χ1) is 30.1. The van der Waals surface area contributed by atoms with Gasteiger partial charge in [0.25, 0.3) is 0 Å². The molecule has 0 amide bonds. The average molecular weight is 964 g/mol. The Hall–Kier alpha value is -4.78. The predicted octanol–water partition coefficient (Wildman–Crippen LogP) is 4.09. The van der Waals surface area contributed by atoms with E-state index in [1.54, 1.807) is 48.5 Å². The molecule has 2 aromatic heterocycles. The fraction of sp³-hybridized carbons (Fsp3) is 0.286. The number of aliphatic hydroxyl groups excluding tert-OH is 2. The number of aliphatic hydroxyl groups is 2. The smallest absolute Gasteiger partial charge is 0.524 e. The lowest BCUT2D eigenvalue weighted by Gasteiger charge is -2.34. The zero-order valence-electron chi connectivity index (χ0n) is 33.9. The van der Waals surface area contributed by atoms with Gasteiger partial charge in [-0.05, 0) is 44.3 Å². The van der Waals surface area contributed by atoms with Crippen molar-refractivity contribution in [1.29, 1.82) is 0 Å². The Kier molecular flexibility index (Phi) is 13.7. The summed E-state index contributed by atoms with van der Waals surface area (Å²) in [4.78, 5) is 68.5. The van der Waals surface area contributed by atoms with Gasteiger partial charge in [-0.1, -0.05) is 47.5 Å². The zero-order valence-corrected chi connectivity index (χ0v) is 37.2. The van der Waals surface area contributed by atoms with Crippen LogP contribution in [0.4, 0.5) is 0 Å². The molecule has 0 radical (unpaired) electrons. The molecule has 0 spiro atoms. The van der Waals surface area contributed by atoms with Gasteiger partial charge in [0, 0.05) is 71.3 Å². The molecule has 2 aliphatic heterocycles. The van der Waals surface area contributed by atoms with Gasteiger partial charge in [-0.15, -0.1) is 0 Å². The van der Waals surface area contributed by atoms with Crippen LogP contribution in [0, 0.1) is 0 Å². The Bertz CT molecular complexity index is 2770. The maximum atomic E-state index is 12.9. The van der Waals surface area contributed by atoms with Gasteiger partial charge in [-0.3, -0.25) is 23.9 Å². The first-order valence-electron chi connectivity index (χ1n) is 19.6. The Labute approximate surface area is 373 Å². The number of likely N-dealkylation sites (tertiary alicyclic amines) is 2. The standard InChI is InChI=1S/2C21H21ClNO8P/c2*1-23-7-6-12(16(26)10-23)19-18(31-32(27,28)29)9-15(25)20-14(24)8-17(30-21(19)20)11-4-2-3-5-13(11)22/h2*2-5,8-9,12,16,25-26H,6-7,10H2,1H3,(H2,27,28,29)/t2*12-,16+/m00/s1. The van der Waals surface area contributed by atoms with Crippen LogP contribution in [0.15, 0.2) is 91.2 Å². The third-order valence-electron chi connectivity index (χ3n) is 11.1. The fourth-order valence-corrected chi connectivity index (χ4v) is 9.54. The Morgan fingerprint density at radius 1 is 0.750 bits per heavy atom. The summed E-state index contributed by atoms with van der Waals surface area (Å²) in [6, 6.07) is 17.6. The second kappa shape index (κ2) is 18.6. The van der Waals surface area contributed by atoms with E-state index in [9.17, 15) is 58.7 Å². The minimum Gasteiger partial charge on any atom is -0.746 e. The minimum absolute atomic E-state index is 0.0777. The number of phosphoric acid groups is 2. The summed E-state index contributed by atoms with van der Waals surface area (Å²) >= 11 is 12.5. The number of rotatable bonds is 8. The lowest BCUT2D eigenvalue weighted by atomic mass is 9.85. The number of likely N-dealkylation sites (N-methyl/N-ethyl adjacent to an activating group) is 2. The zero-order chi connectivity index (χ0) is 46.4. The second-order valence-electron chi connectivity index (χ2n) is 15.7. The van der Waals surface area contributed by atoms with Crippen LogP contribution in [0.2, 0.25) is 10.0 Å². The number of halogens is 2. The summed E-state index contributed by atoms with van der Waals surface area (Å²) in [5.41, 5.74) is -0.414. The number of piperidine rings is 2. The summed E-state index contributed by atoms with van der Waals surface area (Å²) in [5, 5.41) is 42.7. The van der Waals surface area contributed by atoms with Crippen LogP contribution in [0.5, 0.6) is 23.0 Å². The first-order valence-corrected chi connectivity index (χ1v) is 23.4. The molecule has 8 N–H and O–H groups in total. The van der Waals surface area contributed by atoms with Crippen molar-refractivity contribution < 1.29 is 71.9 Å². The van der Waals surface area contributed by atoms with Crippen LogP contribution in [0.25, 0.3) is 44.6 Å². The van der Waals surface area contributed by atoms with E-state index < -0.39 is 67.8 Å². The van der Waals surface area contributed by atoms with Crippen LogP contribution >= 0.6 is 38.8 Å². The number of nitrogens with one attached hydrogen (secondary N) is 1. The van der Waals surface area contributed by atoms with E-state index in [1.165, 1.54) is 12.1 Å². The molecule has 0 saturated carbocycles. The number of phenols is 2. The highest BCUT2D eigenvalue weighted by Gasteiger charge is 2.37. The highest BCUT2D eigenvalue weighted by atomic mass is 35.5. The van der Waals surface area contributed by atoms with Gasteiger partial charge in [-0.25, -0.2) is 4.57 Å². The van der Waals surface area contributed by atoms with Crippen LogP contribution < -0.4 is 29.7 Å². The highest BCUT2D eigenvalue weighted by molar-refractivity contribution is 7.46. The summed E-state index contributed by atoms with van der Waals surface area (Å²) in [5.74, 6) is -3.07. The van der Waals surface area contributed by atoms with Gasteiger partial charge >= 0.3 is 15.6 Å². The highest BCUT2D eigenvalue weighted by Crippen LogP contribution is 2.49. The van der Waals surface area contributed by atoms with Crippen molar-refractivity contribution in [1.82, 2.24) is 4.90 Å². The summed E-state index contributed by atoms with van der Waals surface area (Å²) in [6.07, 6.45) is -1.04. The molecule has 0 bridgehead atoms. The molecule has 6 atom stereocenters. The summed E-state index contributed by atoms with van der Waals surface area (Å²) in [7, 11) is -6.57. The number of hydrogen-bond donors (Lipinski definition) is 8. The molecule has 340 valence electrons. The maximum Gasteiger partial charge on any atom is 0.524 e. The molecule has 8 rings (SSSR count). The van der Waals surface area contributed by atoms with Crippen molar-refractivity contribution in [2.24, 2.45) is 0 Å². The molecule has 4 aromatic carbocycles. The number of fused-ring (bicyclic) bond motifs is 2. The molecule has 22 heteroatoms. The number of phosphoric ester groups is 2. The summed E-state index contributed by atoms with van der Waals surface area (Å²) < 4.78 is 44.7. The van der Waals surface area contributed by atoms with Crippen molar-refractivity contribution in [3.63, 3.8) is 0 Å². The van der Waals surface area contributed by atoms with Crippen LogP contribution in [0.1, 0.15) is 35.8 Å². The van der Waals surface area contributed by atoms with E-state index >= 15 is 0 Å². The number of aromatic hydroxyl groups is 2. The molecule has 18 nitrogen and oxygen atoms in total. The van der Waals surface area contributed by atoms with Crippen molar-refractivity contribution in [3.8, 4) is 45.6 Å². The van der Waals surface area contributed by atoms with E-state index in [0.29, 0.717) is 53.6 Å². The van der Waals surface area contributed by atoms with Crippen LogP contribution in [-0.4, -0.2) is 92.5 Å². The number of benzene rings is 4. The Morgan fingerprint density at radius 2 is 1.22 bits per heavy atom. The number of hydrogen-bond acceptors (Lipinski definition) is 14. The third-order valence-corrected chi connectivity index (χ3v) is 12.6. The van der Waals surface area contributed by atoms with E-state index in [2.05, 4.69) is 0 Å². The largest absolute Gasteiger partial charge is 0.746 e. The van der Waals surface area contributed by atoms with Gasteiger partial charge in [-0.2, -0.15) is 0 Å². The minimum atomic E-state index is -5.27. The quantitative estimate of drug-likeness (QED) is 0.0997. The summed E-state index contributed by atoms with van der Waals surface area (Å²) in [6.45, 7) is 1.87. The van der Waals surface area contributed by atoms with Crippen molar-refractivity contribution in [2.45, 2.75) is 36.9 Å². The molecule has 2 saturated heterocycles. The second-order valence-corrected chi connectivity index (χ2v) is 18.8. The lowest BCUT2D eigenvalue weighted by Crippen LogP contribution is -3.11. The van der Waals surface area contributed by atoms with E-state index in [0.717, 1.165) is 17.0 Å². The number of phenolic OH excluding ortho intramolecular Hbond substituents is 2. The SMILES string of the molecule is CN1CC[C@H](c2c(OP(=O)(O)O)cc(O)c3c(=O)cc(-c4ccccc4Cl)oc23)[C@H](O)C1.C[NH+]1CC[C@H](c2c(OP(=O)([O-])O)cc(O)c3c(=O)cc(-c4ccccc4Cl)oc23)[C@H](O)C1. The van der Waals surface area contributed by atoms with E-state index in [4.69, 9.17) is 41.1 Å². The monoisotopic (exact) mass is 962 g/mol. The number of β-amino-alcohol motifs (C(OH)–C–C–N with tert-alkyl or cyclic N) is 1. The molecular weight excluding hydrogens is 921 g/mol. The van der Waals surface area contributed by atoms with Gasteiger partial charge in [0.15, 0.2) is 10.9 Å². The van der Waals surface area contributed by atoms with Gasteiger partial charge in [0.05, 0.1) is 29.7 Å². The maximum absolute atomic E-state index is 12.9. The first kappa shape index (κ1) is 47.2. The Balaban J connectivity index is 0.000000191. The molecule has 4 heterocycles. The van der Waals surface area contributed by atoms with Gasteiger partial charge < -0.3 is 57.9 Å². The number of nitrogens with zero attached hydrogens (tertiary/aromatic N) is 1.